The molecule has 144 valence electrons. The second kappa shape index (κ2) is 7.38. The Hall–Kier alpha value is -2.90. The average Bonchev–Trinajstić information content (AvgIpc) is 2.65. The fourth-order valence-electron chi connectivity index (χ4n) is 3.59. The molecule has 3 rings (SSSR count). The van der Waals surface area contributed by atoms with Crippen LogP contribution in [0, 0.1) is 5.92 Å². The zero-order valence-corrected chi connectivity index (χ0v) is 15.2. The van der Waals surface area contributed by atoms with Gasteiger partial charge in [-0.25, -0.2) is 9.48 Å². The molecular weight excluding hydrogens is 350 g/mol. The van der Waals surface area contributed by atoms with Gasteiger partial charge in [0.25, 0.3) is 11.1 Å². The number of rotatable bonds is 5. The minimum Gasteiger partial charge on any atom is -0.480 e. The van der Waals surface area contributed by atoms with Crippen molar-refractivity contribution in [3.63, 3.8) is 0 Å². The van der Waals surface area contributed by atoms with E-state index in [0.717, 1.165) is 17.5 Å². The number of carbonyl (C=O) groups is 2. The molecule has 8 heteroatoms. The molecule has 0 aliphatic heterocycles. The van der Waals surface area contributed by atoms with Crippen molar-refractivity contribution in [2.24, 2.45) is 5.92 Å². The predicted molar refractivity (Wildman–Crippen MR) is 99.6 cm³/mol. The topological polar surface area (TPSA) is 121 Å². The van der Waals surface area contributed by atoms with Crippen LogP contribution in [0.15, 0.2) is 33.9 Å². The summed E-state index contributed by atoms with van der Waals surface area (Å²) in [5.74, 6) is -1.04. The molecule has 2 aromatic rings. The van der Waals surface area contributed by atoms with Crippen molar-refractivity contribution in [1.29, 1.82) is 0 Å². The Morgan fingerprint density at radius 1 is 1.22 bits per heavy atom. The molecule has 1 heterocycles. The molecule has 8 nitrogen and oxygen atoms in total. The van der Waals surface area contributed by atoms with Gasteiger partial charge in [0.1, 0.15) is 5.54 Å². The fraction of sp³-hybridized carbons (Fsp3) is 0.474. The van der Waals surface area contributed by atoms with Crippen molar-refractivity contribution in [2.45, 2.75) is 51.1 Å². The first kappa shape index (κ1) is 18.9. The van der Waals surface area contributed by atoms with E-state index in [1.165, 1.54) is 0 Å². The molecule has 1 aromatic heterocycles. The van der Waals surface area contributed by atoms with Gasteiger partial charge in [-0.3, -0.25) is 19.5 Å². The van der Waals surface area contributed by atoms with Crippen molar-refractivity contribution in [3.8, 4) is 0 Å². The number of aliphatic carboxylic acids is 1. The van der Waals surface area contributed by atoms with Crippen LogP contribution >= 0.6 is 0 Å². The Bertz CT molecular complexity index is 983. The number of aromatic amines is 1. The normalized spacial score (nSPS) is 22.5. The van der Waals surface area contributed by atoms with Crippen molar-refractivity contribution in [2.75, 3.05) is 0 Å². The molecule has 0 radical (unpaired) electrons. The van der Waals surface area contributed by atoms with Gasteiger partial charge in [0.15, 0.2) is 0 Å². The summed E-state index contributed by atoms with van der Waals surface area (Å²) < 4.78 is 1.10. The van der Waals surface area contributed by atoms with E-state index in [-0.39, 0.29) is 18.4 Å². The number of hydrogen-bond donors (Lipinski definition) is 3. The number of benzene rings is 1. The Morgan fingerprint density at radius 3 is 2.48 bits per heavy atom. The number of H-pyrrole nitrogens is 1. The second-order valence-corrected chi connectivity index (χ2v) is 7.31. The monoisotopic (exact) mass is 373 g/mol. The molecule has 0 saturated heterocycles. The number of nitrogens with one attached hydrogen (secondary N) is 2. The van der Waals surface area contributed by atoms with Gasteiger partial charge in [-0.2, -0.15) is 0 Å². The number of fused-ring (bicyclic) bond motifs is 1. The maximum atomic E-state index is 12.5. The van der Waals surface area contributed by atoms with E-state index < -0.39 is 28.5 Å². The Labute approximate surface area is 155 Å². The lowest BCUT2D eigenvalue weighted by atomic mass is 9.77. The number of hydrogen-bond acceptors (Lipinski definition) is 4. The smallest absolute Gasteiger partial charge is 0.329 e. The summed E-state index contributed by atoms with van der Waals surface area (Å²) >= 11 is 0. The first-order chi connectivity index (χ1) is 12.8. The summed E-state index contributed by atoms with van der Waals surface area (Å²) in [5, 5.41) is 15.3. The van der Waals surface area contributed by atoms with Gasteiger partial charge in [-0.1, -0.05) is 19.1 Å². The van der Waals surface area contributed by atoms with Crippen LogP contribution in [0.5, 0.6) is 0 Å². The minimum atomic E-state index is -1.24. The number of carboxylic acids is 1. The Kier molecular flexibility index (Phi) is 5.16. The van der Waals surface area contributed by atoms with Crippen LogP contribution in [0.3, 0.4) is 0 Å². The first-order valence-corrected chi connectivity index (χ1v) is 9.09. The molecule has 1 aliphatic rings. The SMILES string of the molecule is CC1CCC(NC(=O)CCn2[nH]c(=O)c3ccccc3c2=O)(C(=O)O)CC1. The van der Waals surface area contributed by atoms with E-state index in [4.69, 9.17) is 0 Å². The standard InChI is InChI=1S/C19H23N3O5/c1-12-6-9-19(10-7-12,18(26)27)20-15(23)8-11-22-17(25)14-5-3-2-4-13(14)16(24)21-22/h2-5,12H,6-11H2,1H3,(H,20,23)(H,21,24)(H,26,27). The highest BCUT2D eigenvalue weighted by Crippen LogP contribution is 2.32. The third-order valence-electron chi connectivity index (χ3n) is 5.36. The van der Waals surface area contributed by atoms with Crippen LogP contribution in [-0.4, -0.2) is 32.3 Å². The van der Waals surface area contributed by atoms with Crippen LogP contribution in [0.4, 0.5) is 0 Å². The zero-order valence-electron chi connectivity index (χ0n) is 15.2. The van der Waals surface area contributed by atoms with E-state index in [0.29, 0.717) is 24.1 Å². The van der Waals surface area contributed by atoms with Gasteiger partial charge < -0.3 is 10.4 Å². The molecule has 1 saturated carbocycles. The maximum absolute atomic E-state index is 12.5. The lowest BCUT2D eigenvalue weighted by Crippen LogP contribution is -2.56. The average molecular weight is 373 g/mol. The number of nitrogens with zero attached hydrogens (tertiary/aromatic N) is 1. The summed E-state index contributed by atoms with van der Waals surface area (Å²) in [6.45, 7) is 2.03. The molecular formula is C19H23N3O5. The Morgan fingerprint density at radius 2 is 1.85 bits per heavy atom. The van der Waals surface area contributed by atoms with E-state index in [9.17, 15) is 24.3 Å². The summed E-state index contributed by atoms with van der Waals surface area (Å²) in [5.41, 5.74) is -2.04. The highest BCUT2D eigenvalue weighted by Gasteiger charge is 2.42. The van der Waals surface area contributed by atoms with Gasteiger partial charge in [0, 0.05) is 6.42 Å². The van der Waals surface area contributed by atoms with E-state index in [2.05, 4.69) is 17.3 Å². The third kappa shape index (κ3) is 3.79. The van der Waals surface area contributed by atoms with E-state index >= 15 is 0 Å². The highest BCUT2D eigenvalue weighted by atomic mass is 16.4. The van der Waals surface area contributed by atoms with Gasteiger partial charge in [0.05, 0.1) is 17.3 Å². The minimum absolute atomic E-state index is 0.0309. The number of aryl methyl sites for hydroxylation is 1. The van der Waals surface area contributed by atoms with E-state index in [1.54, 1.807) is 24.3 Å². The maximum Gasteiger partial charge on any atom is 0.329 e. The van der Waals surface area contributed by atoms with Crippen molar-refractivity contribution in [1.82, 2.24) is 15.1 Å². The molecule has 1 amide bonds. The Balaban J connectivity index is 1.73. The van der Waals surface area contributed by atoms with Crippen LogP contribution < -0.4 is 16.4 Å². The summed E-state index contributed by atoms with van der Waals surface area (Å²) in [4.78, 5) is 48.6. The summed E-state index contributed by atoms with van der Waals surface area (Å²) in [7, 11) is 0. The second-order valence-electron chi connectivity index (χ2n) is 7.31. The highest BCUT2D eigenvalue weighted by molar-refractivity contribution is 5.87. The van der Waals surface area contributed by atoms with Crippen molar-refractivity contribution < 1.29 is 14.7 Å². The molecule has 1 aliphatic carbocycles. The zero-order chi connectivity index (χ0) is 19.6. The molecule has 0 unspecified atom stereocenters. The molecule has 0 spiro atoms. The molecule has 3 N–H and O–H groups in total. The van der Waals surface area contributed by atoms with Crippen LogP contribution in [0.2, 0.25) is 0 Å². The van der Waals surface area contributed by atoms with Crippen molar-refractivity contribution in [3.05, 3.63) is 45.0 Å². The summed E-state index contributed by atoms with van der Waals surface area (Å²) in [6.07, 6.45) is 2.16. The van der Waals surface area contributed by atoms with Crippen molar-refractivity contribution >= 4 is 22.6 Å². The lowest BCUT2D eigenvalue weighted by molar-refractivity contribution is -0.149. The van der Waals surface area contributed by atoms with Gasteiger partial charge in [-0.05, 0) is 43.7 Å². The number of carboxylic acid groups (broad SMARTS) is 1. The number of carbonyl (C=O) groups excluding carboxylic acids is 1. The van der Waals surface area contributed by atoms with Gasteiger partial charge >= 0.3 is 5.97 Å². The quantitative estimate of drug-likeness (QED) is 0.728. The molecule has 0 bridgehead atoms. The predicted octanol–water partition coefficient (Wildman–Crippen LogP) is 1.23. The van der Waals surface area contributed by atoms with Crippen LogP contribution in [0.25, 0.3) is 10.8 Å². The lowest BCUT2D eigenvalue weighted by Gasteiger charge is -2.36. The van der Waals surface area contributed by atoms with Gasteiger partial charge in [0.2, 0.25) is 5.91 Å². The third-order valence-corrected chi connectivity index (χ3v) is 5.36. The number of aromatic nitrogens is 2. The molecule has 1 aromatic carbocycles. The van der Waals surface area contributed by atoms with Crippen LogP contribution in [0.1, 0.15) is 39.0 Å². The van der Waals surface area contributed by atoms with Crippen LogP contribution in [-0.2, 0) is 16.1 Å². The number of amides is 1. The van der Waals surface area contributed by atoms with E-state index in [1.807, 2.05) is 0 Å². The molecule has 0 atom stereocenters. The molecule has 1 fully saturated rings. The summed E-state index contributed by atoms with van der Waals surface area (Å²) in [6, 6.07) is 6.46. The molecule has 27 heavy (non-hydrogen) atoms. The first-order valence-electron chi connectivity index (χ1n) is 9.09. The fourth-order valence-corrected chi connectivity index (χ4v) is 3.59. The largest absolute Gasteiger partial charge is 0.480 e. The van der Waals surface area contributed by atoms with Gasteiger partial charge in [-0.15, -0.1) is 0 Å².